The summed E-state index contributed by atoms with van der Waals surface area (Å²) in [6.07, 6.45) is -2.70. The first-order chi connectivity index (χ1) is 35.2. The van der Waals surface area contributed by atoms with E-state index in [0.29, 0.717) is 37.8 Å². The van der Waals surface area contributed by atoms with Gasteiger partial charge in [-0.1, -0.05) is 80.5 Å². The van der Waals surface area contributed by atoms with E-state index in [4.69, 9.17) is 9.47 Å². The number of likely N-dealkylation sites (N-methyl/N-ethyl adjacent to an activating group) is 1. The van der Waals surface area contributed by atoms with Crippen LogP contribution in [0.2, 0.25) is 0 Å². The topological polar surface area (TPSA) is 262 Å². The Morgan fingerprint density at radius 1 is 0.880 bits per heavy atom. The molecule has 75 heavy (non-hydrogen) atoms. The van der Waals surface area contributed by atoms with Gasteiger partial charge in [-0.2, -0.15) is 0 Å². The number of nitrogens with one attached hydrogen (secondary N) is 3. The van der Waals surface area contributed by atoms with E-state index < -0.39 is 126 Å². The van der Waals surface area contributed by atoms with Crippen LogP contribution in [0.3, 0.4) is 0 Å². The molecule has 4 aliphatic heterocycles. The number of hydrogen-bond donors (Lipinski definition) is 5. The molecular formula is C55H83N7O13. The number of ether oxygens (including phenoxy) is 2. The molecule has 0 bridgehead atoms. The van der Waals surface area contributed by atoms with Crippen LogP contribution in [0.5, 0.6) is 5.75 Å². The molecule has 416 valence electrons. The molecular weight excluding hydrogens is 967 g/mol. The minimum absolute atomic E-state index is 0.0435. The fourth-order valence-corrected chi connectivity index (χ4v) is 10.9. The molecule has 0 aromatic heterocycles. The molecule has 1 spiro atoms. The highest BCUT2D eigenvalue weighted by atomic mass is 16.6. The van der Waals surface area contributed by atoms with Crippen LogP contribution in [0.1, 0.15) is 133 Å². The fourth-order valence-electron chi connectivity index (χ4n) is 10.9. The molecule has 20 heteroatoms. The molecule has 0 saturated carbocycles. The van der Waals surface area contributed by atoms with Crippen LogP contribution in [0.4, 0.5) is 0 Å². The number of rotatable bonds is 13. The highest BCUT2D eigenvalue weighted by Crippen LogP contribution is 2.41. The number of aromatic hydroxyl groups is 1. The summed E-state index contributed by atoms with van der Waals surface area (Å²) in [5.74, 6) is -7.66. The fraction of sp³-hybridized carbons (Fsp3) is 0.691. The summed E-state index contributed by atoms with van der Waals surface area (Å²) in [6, 6.07) is -1.63. The number of esters is 2. The number of aliphatic hydroxyl groups excluding tert-OH is 1. The number of benzene rings is 1. The van der Waals surface area contributed by atoms with Crippen LogP contribution in [-0.4, -0.2) is 170 Å². The van der Waals surface area contributed by atoms with Gasteiger partial charge < -0.3 is 55.2 Å². The summed E-state index contributed by atoms with van der Waals surface area (Å²) in [7, 11) is 1.40. The molecule has 2 unspecified atom stereocenters. The Balaban J connectivity index is 1.60. The van der Waals surface area contributed by atoms with Crippen molar-refractivity contribution in [2.45, 2.75) is 194 Å². The van der Waals surface area contributed by atoms with Crippen molar-refractivity contribution in [1.82, 2.24) is 35.6 Å². The number of carbonyl (C=O) groups excluding carboxylic acids is 9. The second-order valence-electron chi connectivity index (χ2n) is 22.5. The first-order valence-electron chi connectivity index (χ1n) is 26.8. The quantitative estimate of drug-likeness (QED) is 0.141. The Morgan fingerprint density at radius 2 is 1.55 bits per heavy atom. The lowest BCUT2D eigenvalue weighted by Gasteiger charge is -2.37. The molecule has 1 aromatic rings. The van der Waals surface area contributed by atoms with E-state index in [2.05, 4.69) is 22.5 Å². The molecule has 11 atom stereocenters. The number of aliphatic hydroxyl groups is 1. The lowest BCUT2D eigenvalue weighted by Crippen LogP contribution is -2.62. The Morgan fingerprint density at radius 3 is 2.15 bits per heavy atom. The minimum atomic E-state index is -1.71. The van der Waals surface area contributed by atoms with E-state index in [1.807, 2.05) is 34.6 Å². The standard InChI is InChI=1S/C55H83N7O13/c1-13-34(10)44-42(64)29-43(65)75-46(32(6)7)49(68)56-38(26-30(2)3)51(70)60-23-14-16-39(60)52(71)59(12)41(28-36-17-19-37(63)20-18-36)53(72)74-35(11)45(48(67)57-44)58-47(66)40(27-31(4)5)61-25-22-55(54(61)73)21-15-24-62(55)50(69)33(8)9/h17-20,30-32,34-35,38-42,44-46,63-64H,8,13-16,21-29H2,1-7,9-12H3,(H,56,68)(H,57,67)(H,58,66)/t34-,35-,38+,39+,40-,41+,42+,44?,45+,46+,55?/m0/s1. The van der Waals surface area contributed by atoms with Crippen molar-refractivity contribution in [3.8, 4) is 5.75 Å². The number of likely N-dealkylation sites (tertiary alicyclic amines) is 2. The van der Waals surface area contributed by atoms with Gasteiger partial charge in [-0.15, -0.1) is 0 Å². The maximum absolute atomic E-state index is 15.0. The molecule has 20 nitrogen and oxygen atoms in total. The molecule has 4 saturated heterocycles. The second kappa shape index (κ2) is 25.7. The Bertz CT molecular complexity index is 2290. The summed E-state index contributed by atoms with van der Waals surface area (Å²) in [6.45, 7) is 21.8. The first kappa shape index (κ1) is 59.8. The summed E-state index contributed by atoms with van der Waals surface area (Å²) in [5.41, 5.74) is -0.388. The van der Waals surface area contributed by atoms with Gasteiger partial charge in [-0.05, 0) is 100 Å². The van der Waals surface area contributed by atoms with Crippen molar-refractivity contribution in [1.29, 1.82) is 0 Å². The van der Waals surface area contributed by atoms with Gasteiger partial charge in [0.2, 0.25) is 35.4 Å². The molecule has 0 aliphatic carbocycles. The number of hydrogen-bond acceptors (Lipinski definition) is 13. The van der Waals surface area contributed by atoms with Crippen LogP contribution in [0.15, 0.2) is 36.4 Å². The number of phenolic OH excluding ortho intramolecular Hbond substituents is 1. The lowest BCUT2D eigenvalue weighted by molar-refractivity contribution is -0.162. The number of phenols is 1. The molecule has 7 amide bonds. The molecule has 5 rings (SSSR count). The average molecular weight is 1050 g/mol. The third-order valence-corrected chi connectivity index (χ3v) is 15.3. The molecule has 4 heterocycles. The van der Waals surface area contributed by atoms with E-state index in [1.165, 1.54) is 40.8 Å². The number of fused-ring (bicyclic) bond motifs is 1. The monoisotopic (exact) mass is 1050 g/mol. The Kier molecular flexibility index (Phi) is 20.5. The highest BCUT2D eigenvalue weighted by Gasteiger charge is 2.57. The number of nitrogens with zero attached hydrogens (tertiary/aromatic N) is 4. The van der Waals surface area contributed by atoms with Gasteiger partial charge in [-0.25, -0.2) is 4.79 Å². The van der Waals surface area contributed by atoms with Crippen molar-refractivity contribution >= 4 is 53.3 Å². The third kappa shape index (κ3) is 14.1. The number of cyclic esters (lactones) is 2. The molecule has 5 N–H and O–H groups in total. The first-order valence-corrected chi connectivity index (χ1v) is 26.8. The predicted octanol–water partition coefficient (Wildman–Crippen LogP) is 3.15. The van der Waals surface area contributed by atoms with Gasteiger partial charge >= 0.3 is 11.9 Å². The van der Waals surface area contributed by atoms with Crippen LogP contribution < -0.4 is 16.0 Å². The van der Waals surface area contributed by atoms with Crippen LogP contribution in [0, 0.1) is 23.7 Å². The zero-order valence-electron chi connectivity index (χ0n) is 45.9. The zero-order valence-corrected chi connectivity index (χ0v) is 45.9. The van der Waals surface area contributed by atoms with E-state index in [0.717, 1.165) is 0 Å². The normalized spacial score (nSPS) is 28.8. The minimum Gasteiger partial charge on any atom is -0.508 e. The van der Waals surface area contributed by atoms with Gasteiger partial charge in [0, 0.05) is 38.7 Å². The average Bonchev–Trinajstić information content (AvgIpc) is 4.10. The van der Waals surface area contributed by atoms with E-state index >= 15 is 0 Å². The largest absolute Gasteiger partial charge is 0.508 e. The predicted molar refractivity (Wildman–Crippen MR) is 277 cm³/mol. The SMILES string of the molecule is C=C(C)C(=O)N1CCCC12CCN([C@@H](CC(C)C)C(=O)N[C@H]1C(=O)NC([C@@H](C)CC)[C@H](O)CC(=O)O[C@H](C(C)C)C(=O)N[C@H](CC(C)C)C(=O)N3CCC[C@@H]3C(=O)N(C)[C@H](Cc3ccc(O)cc3)C(=O)O[C@H]1C)C2=O. The van der Waals surface area contributed by atoms with E-state index in [9.17, 15) is 53.4 Å². The summed E-state index contributed by atoms with van der Waals surface area (Å²) in [4.78, 5) is 136. The molecule has 0 radical (unpaired) electrons. The molecule has 4 aliphatic rings. The zero-order chi connectivity index (χ0) is 55.8. The summed E-state index contributed by atoms with van der Waals surface area (Å²) < 4.78 is 11.9. The van der Waals surface area contributed by atoms with E-state index in [-0.39, 0.29) is 74.3 Å². The van der Waals surface area contributed by atoms with Crippen LogP contribution >= 0.6 is 0 Å². The van der Waals surface area contributed by atoms with Crippen LogP contribution in [0.25, 0.3) is 0 Å². The summed E-state index contributed by atoms with van der Waals surface area (Å²) in [5, 5.41) is 30.3. The number of carbonyl (C=O) groups is 9. The number of amides is 7. The van der Waals surface area contributed by atoms with E-state index in [1.54, 1.807) is 44.7 Å². The lowest BCUT2D eigenvalue weighted by atomic mass is 9.92. The molecule has 1 aromatic carbocycles. The maximum Gasteiger partial charge on any atom is 0.329 e. The van der Waals surface area contributed by atoms with Gasteiger partial charge in [0.15, 0.2) is 6.10 Å². The highest BCUT2D eigenvalue weighted by molar-refractivity contribution is 6.01. The Labute approximate surface area is 442 Å². The third-order valence-electron chi connectivity index (χ3n) is 15.3. The van der Waals surface area contributed by atoms with Crippen molar-refractivity contribution in [2.24, 2.45) is 23.7 Å². The van der Waals surface area contributed by atoms with Crippen molar-refractivity contribution in [3.63, 3.8) is 0 Å². The van der Waals surface area contributed by atoms with Crippen LogP contribution in [-0.2, 0) is 59.0 Å². The smallest absolute Gasteiger partial charge is 0.329 e. The van der Waals surface area contributed by atoms with Gasteiger partial charge in [-0.3, -0.25) is 38.4 Å². The Hall–Kier alpha value is -6.05. The second-order valence-corrected chi connectivity index (χ2v) is 22.5. The summed E-state index contributed by atoms with van der Waals surface area (Å²) >= 11 is 0. The van der Waals surface area contributed by atoms with Crippen molar-refractivity contribution < 1.29 is 62.8 Å². The van der Waals surface area contributed by atoms with Crippen molar-refractivity contribution in [2.75, 3.05) is 26.7 Å². The van der Waals surface area contributed by atoms with Gasteiger partial charge in [0.1, 0.15) is 47.6 Å². The van der Waals surface area contributed by atoms with Crippen molar-refractivity contribution in [3.05, 3.63) is 42.0 Å². The maximum atomic E-state index is 15.0. The van der Waals surface area contributed by atoms with Gasteiger partial charge in [0.25, 0.3) is 5.91 Å². The molecule has 4 fully saturated rings. The van der Waals surface area contributed by atoms with Gasteiger partial charge in [0.05, 0.1) is 18.6 Å².